The molecule has 3 aliphatic rings. The van der Waals surface area contributed by atoms with Gasteiger partial charge in [-0.25, -0.2) is 18.7 Å². The summed E-state index contributed by atoms with van der Waals surface area (Å²) < 4.78 is 26.7. The van der Waals surface area contributed by atoms with Gasteiger partial charge in [-0.1, -0.05) is 0 Å². The Morgan fingerprint density at radius 2 is 2.12 bits per heavy atom. The number of piperidine rings is 2. The van der Waals surface area contributed by atoms with Crippen molar-refractivity contribution in [3.63, 3.8) is 0 Å². The molecule has 0 spiro atoms. The predicted molar refractivity (Wildman–Crippen MR) is 56.7 cm³/mol. The van der Waals surface area contributed by atoms with Crippen LogP contribution < -0.4 is 4.90 Å². The summed E-state index contributed by atoms with van der Waals surface area (Å²) in [4.78, 5) is 10.00. The van der Waals surface area contributed by atoms with Gasteiger partial charge in [-0.15, -0.1) is 0 Å². The lowest BCUT2D eigenvalue weighted by Crippen LogP contribution is -2.63. The molecule has 0 aromatic carbocycles. The summed E-state index contributed by atoms with van der Waals surface area (Å²) in [7, 11) is 0. The Bertz CT molecular complexity index is 426. The van der Waals surface area contributed by atoms with Crippen LogP contribution in [0.15, 0.2) is 12.3 Å². The minimum atomic E-state index is -2.51. The van der Waals surface area contributed by atoms with Crippen LogP contribution in [0.25, 0.3) is 0 Å². The largest absolute Gasteiger partial charge is 0.390 e. The first kappa shape index (κ1) is 10.8. The quantitative estimate of drug-likeness (QED) is 0.841. The maximum Gasteiger partial charge on any atom is 0.257 e. The Morgan fingerprint density at radius 1 is 1.41 bits per heavy atom. The highest BCUT2D eigenvalue weighted by Crippen LogP contribution is 2.52. The molecule has 1 N–H and O–H groups in total. The second-order valence-corrected chi connectivity index (χ2v) is 4.72. The molecule has 0 radical (unpaired) electrons. The van der Waals surface area contributed by atoms with Crippen molar-refractivity contribution >= 4 is 5.95 Å². The van der Waals surface area contributed by atoms with Crippen LogP contribution in [0.5, 0.6) is 0 Å². The van der Waals surface area contributed by atoms with Gasteiger partial charge >= 0.3 is 0 Å². The molecule has 4 nitrogen and oxygen atoms in total. The average molecular weight is 241 g/mol. The van der Waals surface area contributed by atoms with E-state index in [0.717, 1.165) is 0 Å². The highest BCUT2D eigenvalue weighted by Gasteiger charge is 2.61. The van der Waals surface area contributed by atoms with Crippen molar-refractivity contribution in [2.45, 2.75) is 19.0 Å². The summed E-state index contributed by atoms with van der Waals surface area (Å²) >= 11 is 0. The molecule has 4 rings (SSSR count). The van der Waals surface area contributed by atoms with Gasteiger partial charge in [0.2, 0.25) is 5.95 Å². The number of aromatic nitrogens is 2. The second kappa shape index (κ2) is 3.60. The summed E-state index contributed by atoms with van der Waals surface area (Å²) in [5, 5.41) is 8.98. The zero-order chi connectivity index (χ0) is 12.0. The zero-order valence-electron chi connectivity index (χ0n) is 9.18. The molecular formula is C11H13F2N3O. The summed E-state index contributed by atoms with van der Waals surface area (Å²) in [6.45, 7) is 0.448. The van der Waals surface area contributed by atoms with Gasteiger partial charge in [-0.3, -0.25) is 0 Å². The van der Waals surface area contributed by atoms with E-state index in [9.17, 15) is 8.78 Å². The summed E-state index contributed by atoms with van der Waals surface area (Å²) in [5.41, 5.74) is 0.515. The van der Waals surface area contributed by atoms with E-state index in [1.165, 1.54) is 0 Å². The van der Waals surface area contributed by atoms with Gasteiger partial charge in [0.15, 0.2) is 0 Å². The molecule has 2 unspecified atom stereocenters. The summed E-state index contributed by atoms with van der Waals surface area (Å²) in [5.74, 6) is -3.20. The number of halogens is 2. The molecule has 92 valence electrons. The average Bonchev–Trinajstić information content (AvgIpc) is 2.39. The second-order valence-electron chi connectivity index (χ2n) is 4.72. The molecule has 2 aliphatic heterocycles. The van der Waals surface area contributed by atoms with Gasteiger partial charge in [0.25, 0.3) is 5.92 Å². The fourth-order valence-electron chi connectivity index (χ4n) is 2.62. The predicted octanol–water partition coefficient (Wildman–Crippen LogP) is 1.06. The highest BCUT2D eigenvalue weighted by molar-refractivity contribution is 5.34. The number of hydrogen-bond acceptors (Lipinski definition) is 4. The number of aliphatic hydroxyl groups excluding tert-OH is 1. The van der Waals surface area contributed by atoms with Gasteiger partial charge in [0, 0.05) is 31.1 Å². The third-order valence-electron chi connectivity index (χ3n) is 3.68. The van der Waals surface area contributed by atoms with Gasteiger partial charge in [-0.05, 0) is 12.5 Å². The van der Waals surface area contributed by atoms with Crippen LogP contribution >= 0.6 is 0 Å². The Kier molecular flexibility index (Phi) is 2.29. The Balaban J connectivity index is 1.79. The summed E-state index contributed by atoms with van der Waals surface area (Å²) in [6.07, 6.45) is 2.15. The zero-order valence-corrected chi connectivity index (χ0v) is 9.18. The van der Waals surface area contributed by atoms with E-state index >= 15 is 0 Å². The number of nitrogens with zero attached hydrogens (tertiary/aromatic N) is 3. The van der Waals surface area contributed by atoms with E-state index < -0.39 is 17.8 Å². The van der Waals surface area contributed by atoms with E-state index in [1.807, 2.05) is 0 Å². The number of rotatable bonds is 2. The lowest BCUT2D eigenvalue weighted by Gasteiger charge is -2.52. The van der Waals surface area contributed by atoms with Crippen molar-refractivity contribution in [3.8, 4) is 0 Å². The lowest BCUT2D eigenvalue weighted by molar-refractivity contribution is -0.194. The van der Waals surface area contributed by atoms with Crippen LogP contribution in [0, 0.1) is 11.8 Å². The Labute approximate surface area is 97.3 Å². The first-order valence-electron chi connectivity index (χ1n) is 5.67. The van der Waals surface area contributed by atoms with Gasteiger partial charge in [0.1, 0.15) is 0 Å². The first-order chi connectivity index (χ1) is 8.11. The van der Waals surface area contributed by atoms with Crippen LogP contribution in [-0.2, 0) is 6.61 Å². The number of anilines is 1. The van der Waals surface area contributed by atoms with E-state index in [1.54, 1.807) is 17.2 Å². The van der Waals surface area contributed by atoms with Crippen LogP contribution in [0.1, 0.15) is 12.1 Å². The SMILES string of the molecule is OCc1ccnc(N2CC3CC(C2)C3(F)F)n1. The monoisotopic (exact) mass is 241 g/mol. The first-order valence-corrected chi connectivity index (χ1v) is 5.67. The van der Waals surface area contributed by atoms with E-state index in [-0.39, 0.29) is 6.61 Å². The van der Waals surface area contributed by atoms with Gasteiger partial charge in [0.05, 0.1) is 12.3 Å². The fourth-order valence-corrected chi connectivity index (χ4v) is 2.62. The smallest absolute Gasteiger partial charge is 0.257 e. The van der Waals surface area contributed by atoms with Crippen LogP contribution in [0.3, 0.4) is 0 Å². The van der Waals surface area contributed by atoms with Gasteiger partial charge < -0.3 is 10.0 Å². The highest BCUT2D eigenvalue weighted by atomic mass is 19.3. The van der Waals surface area contributed by atoms with Crippen molar-refractivity contribution in [1.82, 2.24) is 9.97 Å². The van der Waals surface area contributed by atoms with Crippen molar-refractivity contribution < 1.29 is 13.9 Å². The minimum absolute atomic E-state index is 0.160. The molecule has 6 heteroatoms. The molecule has 2 bridgehead atoms. The Morgan fingerprint density at radius 3 is 2.71 bits per heavy atom. The minimum Gasteiger partial charge on any atom is -0.390 e. The molecule has 0 amide bonds. The molecule has 1 aromatic rings. The number of aliphatic hydroxyl groups is 1. The normalized spacial score (nSPS) is 29.9. The van der Waals surface area contributed by atoms with Crippen molar-refractivity contribution in [2.24, 2.45) is 11.8 Å². The van der Waals surface area contributed by atoms with Crippen LogP contribution in [0.2, 0.25) is 0 Å². The van der Waals surface area contributed by atoms with E-state index in [4.69, 9.17) is 5.11 Å². The lowest BCUT2D eigenvalue weighted by atomic mass is 9.67. The van der Waals surface area contributed by atoms with Crippen molar-refractivity contribution in [3.05, 3.63) is 18.0 Å². The molecule has 3 fully saturated rings. The third kappa shape index (κ3) is 1.58. The summed E-state index contributed by atoms with van der Waals surface area (Å²) in [6, 6.07) is 1.61. The molecule has 2 atom stereocenters. The molecule has 1 aromatic heterocycles. The molecule has 17 heavy (non-hydrogen) atoms. The third-order valence-corrected chi connectivity index (χ3v) is 3.68. The topological polar surface area (TPSA) is 49.3 Å². The van der Waals surface area contributed by atoms with Gasteiger partial charge in [-0.2, -0.15) is 0 Å². The number of fused-ring (bicyclic) bond motifs is 2. The fraction of sp³-hybridized carbons (Fsp3) is 0.636. The van der Waals surface area contributed by atoms with E-state index in [0.29, 0.717) is 31.2 Å². The number of hydrogen-bond donors (Lipinski definition) is 1. The van der Waals surface area contributed by atoms with E-state index in [2.05, 4.69) is 9.97 Å². The molecular weight excluding hydrogens is 228 g/mol. The number of alkyl halides is 2. The molecule has 1 saturated carbocycles. The standard InChI is InChI=1S/C11H13F2N3O/c12-11(13)7-3-8(11)5-16(4-7)10-14-2-1-9(6-17)15-10/h1-2,7-8,17H,3-6H2. The van der Waals surface area contributed by atoms with Crippen LogP contribution in [0.4, 0.5) is 14.7 Å². The Hall–Kier alpha value is -1.30. The van der Waals surface area contributed by atoms with Crippen molar-refractivity contribution in [2.75, 3.05) is 18.0 Å². The molecule has 1 aliphatic carbocycles. The molecule has 3 heterocycles. The van der Waals surface area contributed by atoms with Crippen LogP contribution in [-0.4, -0.2) is 34.1 Å². The van der Waals surface area contributed by atoms with Crippen molar-refractivity contribution in [1.29, 1.82) is 0 Å². The molecule has 2 saturated heterocycles. The maximum atomic E-state index is 13.4. The maximum absolute atomic E-state index is 13.4.